The molecule has 3 aromatic carbocycles. The third-order valence-corrected chi connectivity index (χ3v) is 8.46. The zero-order valence-corrected chi connectivity index (χ0v) is 25.1. The van der Waals surface area contributed by atoms with Gasteiger partial charge in [-0.25, -0.2) is 13.2 Å². The first-order chi connectivity index (χ1) is 20.3. The molecule has 0 heterocycles. The Bertz CT molecular complexity index is 1270. The fourth-order valence-corrected chi connectivity index (χ4v) is 5.44. The summed E-state index contributed by atoms with van der Waals surface area (Å²) in [6.45, 7) is 0.242. The highest BCUT2D eigenvalue weighted by atomic mass is 32.2. The van der Waals surface area contributed by atoms with E-state index < -0.39 is 28.1 Å². The maximum atomic E-state index is 11.8. The van der Waals surface area contributed by atoms with Crippen molar-refractivity contribution in [1.82, 2.24) is 5.32 Å². The Labute approximate surface area is 248 Å². The van der Waals surface area contributed by atoms with Crippen LogP contribution in [0.2, 0.25) is 0 Å². The van der Waals surface area contributed by atoms with E-state index in [1.54, 1.807) is 14.2 Å². The number of hydrogen-bond acceptors (Lipinski definition) is 8. The standard InChI is InChI=1S/C32H41NO8S/c1-38-29-16-12-27(13-17-29)32(26-10-6-5-7-11-26,28-14-18-30(39-2)19-15-28)41-22-9-4-3-8-20-33-31(35)40-23-25-42(36,37)24-21-34/h5-7,10-19,34H,3-4,8-9,20-25H2,1-2H3,(H,33,35). The van der Waals surface area contributed by atoms with Gasteiger partial charge < -0.3 is 29.4 Å². The number of sulfone groups is 1. The van der Waals surface area contributed by atoms with E-state index in [4.69, 9.17) is 24.1 Å². The van der Waals surface area contributed by atoms with Gasteiger partial charge in [0.1, 0.15) is 23.7 Å². The smallest absolute Gasteiger partial charge is 0.407 e. The molecular weight excluding hydrogens is 558 g/mol. The lowest BCUT2D eigenvalue weighted by atomic mass is 9.80. The summed E-state index contributed by atoms with van der Waals surface area (Å²) in [6, 6.07) is 26.0. The highest BCUT2D eigenvalue weighted by molar-refractivity contribution is 7.91. The molecule has 0 saturated carbocycles. The fourth-order valence-electron chi connectivity index (χ4n) is 4.62. The van der Waals surface area contributed by atoms with Crippen LogP contribution in [-0.4, -0.2) is 71.7 Å². The number of carbonyl (C=O) groups excluding carboxylic acids is 1. The molecule has 0 bridgehead atoms. The SMILES string of the molecule is COc1ccc(C(OCCCCCCNC(=O)OCCS(=O)(=O)CCO)(c2ccccc2)c2ccc(OC)cc2)cc1. The molecule has 0 radical (unpaired) electrons. The largest absolute Gasteiger partial charge is 0.497 e. The Morgan fingerprint density at radius 2 is 1.29 bits per heavy atom. The average Bonchev–Trinajstić information content (AvgIpc) is 3.01. The van der Waals surface area contributed by atoms with Crippen LogP contribution in [0.15, 0.2) is 78.9 Å². The molecule has 0 spiro atoms. The average molecular weight is 600 g/mol. The van der Waals surface area contributed by atoms with Crippen molar-refractivity contribution >= 4 is 15.9 Å². The molecule has 3 aromatic rings. The maximum Gasteiger partial charge on any atom is 0.407 e. The lowest BCUT2D eigenvalue weighted by Crippen LogP contribution is -2.33. The van der Waals surface area contributed by atoms with Crippen LogP contribution in [-0.2, 0) is 24.9 Å². The zero-order chi connectivity index (χ0) is 30.3. The lowest BCUT2D eigenvalue weighted by molar-refractivity contribution is 0.0106. The number of nitrogens with one attached hydrogen (secondary N) is 1. The van der Waals surface area contributed by atoms with Crippen molar-refractivity contribution in [2.24, 2.45) is 0 Å². The normalized spacial score (nSPS) is 11.6. The Morgan fingerprint density at radius 1 is 0.738 bits per heavy atom. The number of unbranched alkanes of at least 4 members (excludes halogenated alkanes) is 3. The number of amides is 1. The predicted octanol–water partition coefficient (Wildman–Crippen LogP) is 4.71. The van der Waals surface area contributed by atoms with E-state index in [-0.39, 0.29) is 18.1 Å². The number of ether oxygens (including phenoxy) is 4. The molecule has 42 heavy (non-hydrogen) atoms. The Kier molecular flexibility index (Phi) is 13.1. The minimum Gasteiger partial charge on any atom is -0.497 e. The molecule has 3 rings (SSSR count). The van der Waals surface area contributed by atoms with E-state index in [2.05, 4.69) is 17.4 Å². The van der Waals surface area contributed by atoms with Crippen LogP contribution < -0.4 is 14.8 Å². The number of benzene rings is 3. The maximum absolute atomic E-state index is 11.8. The van der Waals surface area contributed by atoms with Crippen LogP contribution in [0.3, 0.4) is 0 Å². The molecule has 0 aliphatic carbocycles. The molecule has 0 unspecified atom stereocenters. The van der Waals surface area contributed by atoms with Gasteiger partial charge >= 0.3 is 6.09 Å². The van der Waals surface area contributed by atoms with Gasteiger partial charge in [-0.3, -0.25) is 0 Å². The molecule has 1 amide bonds. The first kappa shape index (κ1) is 32.9. The van der Waals surface area contributed by atoms with Gasteiger partial charge in [0.25, 0.3) is 0 Å². The fraction of sp³-hybridized carbons (Fsp3) is 0.406. The number of aliphatic hydroxyl groups is 1. The quantitative estimate of drug-likeness (QED) is 0.159. The van der Waals surface area contributed by atoms with E-state index >= 15 is 0 Å². The minimum absolute atomic E-state index is 0.239. The summed E-state index contributed by atoms with van der Waals surface area (Å²) < 4.78 is 45.7. The van der Waals surface area contributed by atoms with Crippen LogP contribution in [0.1, 0.15) is 42.4 Å². The van der Waals surface area contributed by atoms with Gasteiger partial charge in [0.05, 0.1) is 32.3 Å². The number of hydrogen-bond donors (Lipinski definition) is 2. The van der Waals surface area contributed by atoms with Gasteiger partial charge in [0, 0.05) is 13.2 Å². The van der Waals surface area contributed by atoms with Crippen molar-refractivity contribution in [2.45, 2.75) is 31.3 Å². The van der Waals surface area contributed by atoms with Crippen molar-refractivity contribution < 1.29 is 37.3 Å². The molecule has 0 atom stereocenters. The predicted molar refractivity (Wildman–Crippen MR) is 162 cm³/mol. The summed E-state index contributed by atoms with van der Waals surface area (Å²) >= 11 is 0. The first-order valence-electron chi connectivity index (χ1n) is 14.0. The first-order valence-corrected chi connectivity index (χ1v) is 15.9. The van der Waals surface area contributed by atoms with Gasteiger partial charge in [0.15, 0.2) is 9.84 Å². The van der Waals surface area contributed by atoms with E-state index in [1.807, 2.05) is 66.7 Å². The molecule has 0 aromatic heterocycles. The van der Waals surface area contributed by atoms with Crippen molar-refractivity contribution in [1.29, 1.82) is 0 Å². The van der Waals surface area contributed by atoms with E-state index in [0.717, 1.165) is 53.9 Å². The van der Waals surface area contributed by atoms with Gasteiger partial charge in [-0.2, -0.15) is 0 Å². The van der Waals surface area contributed by atoms with Crippen LogP contribution in [0.5, 0.6) is 11.5 Å². The van der Waals surface area contributed by atoms with Crippen LogP contribution in [0, 0.1) is 0 Å². The van der Waals surface area contributed by atoms with Crippen LogP contribution in [0.25, 0.3) is 0 Å². The van der Waals surface area contributed by atoms with Crippen molar-refractivity contribution in [3.05, 3.63) is 95.6 Å². The lowest BCUT2D eigenvalue weighted by Gasteiger charge is -2.36. The second-order valence-corrected chi connectivity index (χ2v) is 12.0. The summed E-state index contributed by atoms with van der Waals surface area (Å²) in [5, 5.41) is 11.4. The topological polar surface area (TPSA) is 120 Å². The van der Waals surface area contributed by atoms with Crippen molar-refractivity contribution in [3.8, 4) is 11.5 Å². The van der Waals surface area contributed by atoms with E-state index in [0.29, 0.717) is 13.2 Å². The summed E-state index contributed by atoms with van der Waals surface area (Å²) in [7, 11) is -0.125. The molecule has 9 nitrogen and oxygen atoms in total. The molecule has 2 N–H and O–H groups in total. The third kappa shape index (κ3) is 9.47. The van der Waals surface area contributed by atoms with Gasteiger partial charge in [-0.15, -0.1) is 0 Å². The highest BCUT2D eigenvalue weighted by Crippen LogP contribution is 2.41. The Balaban J connectivity index is 1.59. The number of alkyl carbamates (subject to hydrolysis) is 1. The molecule has 10 heteroatoms. The van der Waals surface area contributed by atoms with Crippen molar-refractivity contribution in [3.63, 3.8) is 0 Å². The summed E-state index contributed by atoms with van der Waals surface area (Å²) in [5.74, 6) is 0.881. The second kappa shape index (κ2) is 16.7. The number of rotatable bonds is 18. The Morgan fingerprint density at radius 3 is 1.83 bits per heavy atom. The minimum atomic E-state index is -3.41. The summed E-state index contributed by atoms with van der Waals surface area (Å²) in [4.78, 5) is 11.8. The zero-order valence-electron chi connectivity index (χ0n) is 24.3. The van der Waals surface area contributed by atoms with Gasteiger partial charge in [0.2, 0.25) is 0 Å². The second-order valence-electron chi connectivity index (χ2n) is 9.71. The van der Waals surface area contributed by atoms with Gasteiger partial charge in [-0.1, -0.05) is 67.4 Å². The monoisotopic (exact) mass is 599 g/mol. The summed E-state index contributed by atoms with van der Waals surface area (Å²) in [5.41, 5.74) is 2.11. The molecule has 228 valence electrons. The highest BCUT2D eigenvalue weighted by Gasteiger charge is 2.37. The number of aliphatic hydroxyl groups excluding tert-OH is 1. The molecule has 0 fully saturated rings. The van der Waals surface area contributed by atoms with E-state index in [9.17, 15) is 13.2 Å². The summed E-state index contributed by atoms with van der Waals surface area (Å²) in [6.07, 6.45) is 2.68. The van der Waals surface area contributed by atoms with Gasteiger partial charge in [-0.05, 0) is 53.8 Å². The number of carbonyl (C=O) groups is 1. The van der Waals surface area contributed by atoms with Crippen molar-refractivity contribution in [2.75, 3.05) is 52.1 Å². The molecule has 0 aliphatic heterocycles. The van der Waals surface area contributed by atoms with E-state index in [1.165, 1.54) is 0 Å². The van der Waals surface area contributed by atoms with Crippen LogP contribution >= 0.6 is 0 Å². The Hall–Kier alpha value is -3.60. The third-order valence-electron chi connectivity index (χ3n) is 6.86. The number of methoxy groups -OCH3 is 2. The molecular formula is C32H41NO8S. The van der Waals surface area contributed by atoms with Crippen LogP contribution in [0.4, 0.5) is 4.79 Å². The molecule has 0 aliphatic rings. The molecule has 0 saturated heterocycles.